The van der Waals surface area contributed by atoms with E-state index in [0.717, 1.165) is 41.0 Å². The summed E-state index contributed by atoms with van der Waals surface area (Å²) < 4.78 is 6.95. The molecule has 1 aliphatic carbocycles. The molecule has 3 aromatic heterocycles. The van der Waals surface area contributed by atoms with Gasteiger partial charge in [0.05, 0.1) is 17.3 Å². The van der Waals surface area contributed by atoms with E-state index in [1.54, 1.807) is 22.2 Å². The number of hydrogen-bond acceptors (Lipinski definition) is 7. The van der Waals surface area contributed by atoms with Crippen molar-refractivity contribution in [1.29, 1.82) is 0 Å². The van der Waals surface area contributed by atoms with Crippen molar-refractivity contribution in [3.05, 3.63) is 38.8 Å². The minimum atomic E-state index is -0.454. The van der Waals surface area contributed by atoms with Crippen LogP contribution in [-0.4, -0.2) is 19.7 Å². The van der Waals surface area contributed by atoms with Gasteiger partial charge in [-0.25, -0.2) is 4.98 Å². The molecule has 140 valence electrons. The molecule has 2 N–H and O–H groups in total. The van der Waals surface area contributed by atoms with Gasteiger partial charge in [0.15, 0.2) is 5.82 Å². The Morgan fingerprint density at radius 2 is 2.08 bits per heavy atom. The Labute approximate surface area is 161 Å². The molecule has 3 heterocycles. The Hall–Kier alpha value is -1.77. The number of halogens is 1. The second-order valence-electron chi connectivity index (χ2n) is 6.83. The molecule has 0 atom stereocenters. The van der Waals surface area contributed by atoms with Crippen molar-refractivity contribution in [2.24, 2.45) is 5.73 Å². The Morgan fingerprint density at radius 1 is 1.35 bits per heavy atom. The minimum absolute atomic E-state index is 0. The van der Waals surface area contributed by atoms with Gasteiger partial charge in [-0.2, -0.15) is 4.98 Å². The molecule has 1 saturated carbocycles. The molecule has 0 bridgehead atoms. The number of hydrogen-bond donors (Lipinski definition) is 1. The molecule has 0 unspecified atom stereocenters. The van der Waals surface area contributed by atoms with Crippen molar-refractivity contribution in [3.8, 4) is 0 Å². The molecular weight excluding hydrogens is 374 g/mol. The van der Waals surface area contributed by atoms with Crippen molar-refractivity contribution in [3.63, 3.8) is 0 Å². The standard InChI is InChI=1S/C17H21N5O2S.ClH/c1-10-11(2)25-14-13(10)15(23)22(9-19-14)8-5-12-20-16(21-24-12)17(18)6-3-4-7-17;/h9H,3-8,18H2,1-2H3;1H. The molecule has 1 fully saturated rings. The van der Waals surface area contributed by atoms with E-state index in [9.17, 15) is 4.79 Å². The van der Waals surface area contributed by atoms with E-state index in [0.29, 0.717) is 30.1 Å². The first-order valence-electron chi connectivity index (χ1n) is 8.55. The van der Waals surface area contributed by atoms with Gasteiger partial charge in [-0.15, -0.1) is 23.7 Å². The van der Waals surface area contributed by atoms with Crippen molar-refractivity contribution >= 4 is 34.0 Å². The van der Waals surface area contributed by atoms with Crippen molar-refractivity contribution < 1.29 is 4.52 Å². The predicted molar refractivity (Wildman–Crippen MR) is 103 cm³/mol. The Morgan fingerprint density at radius 3 is 2.81 bits per heavy atom. The number of nitrogens with two attached hydrogens (primary N) is 1. The maximum Gasteiger partial charge on any atom is 0.262 e. The molecule has 3 aromatic rings. The normalized spacial score (nSPS) is 16.1. The zero-order chi connectivity index (χ0) is 17.6. The molecule has 0 aliphatic heterocycles. The summed E-state index contributed by atoms with van der Waals surface area (Å²) in [7, 11) is 0. The number of fused-ring (bicyclic) bond motifs is 1. The summed E-state index contributed by atoms with van der Waals surface area (Å²) in [5.41, 5.74) is 6.90. The van der Waals surface area contributed by atoms with E-state index in [1.165, 1.54) is 0 Å². The Balaban J connectivity index is 0.00000196. The van der Waals surface area contributed by atoms with E-state index >= 15 is 0 Å². The number of rotatable bonds is 4. The van der Waals surface area contributed by atoms with Crippen LogP contribution in [0.2, 0.25) is 0 Å². The van der Waals surface area contributed by atoms with Gasteiger partial charge in [-0.1, -0.05) is 18.0 Å². The molecule has 4 rings (SSSR count). The van der Waals surface area contributed by atoms with Crippen LogP contribution < -0.4 is 11.3 Å². The molecule has 0 amide bonds. The van der Waals surface area contributed by atoms with Crippen LogP contribution in [0, 0.1) is 13.8 Å². The summed E-state index contributed by atoms with van der Waals surface area (Å²) in [5.74, 6) is 1.10. The van der Waals surface area contributed by atoms with E-state index in [-0.39, 0.29) is 18.0 Å². The lowest BCUT2D eigenvalue weighted by Gasteiger charge is -2.17. The summed E-state index contributed by atoms with van der Waals surface area (Å²) in [4.78, 5) is 23.5. The van der Waals surface area contributed by atoms with Gasteiger partial charge in [0, 0.05) is 17.8 Å². The zero-order valence-electron chi connectivity index (χ0n) is 14.8. The topological polar surface area (TPSA) is 99.8 Å². The van der Waals surface area contributed by atoms with Crippen molar-refractivity contribution in [1.82, 2.24) is 19.7 Å². The SMILES string of the molecule is Cc1sc2ncn(CCc3nc(C4(N)CCCC4)no3)c(=O)c2c1C.Cl. The van der Waals surface area contributed by atoms with Crippen molar-refractivity contribution in [2.45, 2.75) is 58.0 Å². The third kappa shape index (κ3) is 3.17. The second-order valence-corrected chi connectivity index (χ2v) is 8.03. The van der Waals surface area contributed by atoms with Crippen LogP contribution in [0.4, 0.5) is 0 Å². The molecule has 0 radical (unpaired) electrons. The number of aryl methyl sites for hydroxylation is 4. The number of thiophene rings is 1. The smallest absolute Gasteiger partial charge is 0.262 e. The van der Waals surface area contributed by atoms with Crippen LogP contribution in [-0.2, 0) is 18.5 Å². The lowest BCUT2D eigenvalue weighted by molar-refractivity contribution is 0.344. The van der Waals surface area contributed by atoms with Crippen molar-refractivity contribution in [2.75, 3.05) is 0 Å². The van der Waals surface area contributed by atoms with Gasteiger partial charge >= 0.3 is 0 Å². The molecule has 26 heavy (non-hydrogen) atoms. The molecule has 0 aromatic carbocycles. The van der Waals surface area contributed by atoms with Gasteiger partial charge in [-0.05, 0) is 32.3 Å². The molecule has 9 heteroatoms. The fourth-order valence-corrected chi connectivity index (χ4v) is 4.42. The quantitative estimate of drug-likeness (QED) is 0.729. The third-order valence-corrected chi connectivity index (χ3v) is 6.25. The minimum Gasteiger partial charge on any atom is -0.339 e. The van der Waals surface area contributed by atoms with Gasteiger partial charge in [0.25, 0.3) is 5.56 Å². The monoisotopic (exact) mass is 395 g/mol. The highest BCUT2D eigenvalue weighted by Crippen LogP contribution is 2.34. The van der Waals surface area contributed by atoms with E-state index in [1.807, 2.05) is 13.8 Å². The highest BCUT2D eigenvalue weighted by Gasteiger charge is 2.35. The largest absolute Gasteiger partial charge is 0.339 e. The average Bonchev–Trinajstić information content (AvgIpc) is 3.29. The molecular formula is C17H22ClN5O2S. The van der Waals surface area contributed by atoms with E-state index in [2.05, 4.69) is 15.1 Å². The molecule has 0 spiro atoms. The van der Waals surface area contributed by atoms with Gasteiger partial charge in [0.2, 0.25) is 5.89 Å². The first-order chi connectivity index (χ1) is 12.0. The summed E-state index contributed by atoms with van der Waals surface area (Å²) >= 11 is 1.55. The molecule has 7 nitrogen and oxygen atoms in total. The fourth-order valence-electron chi connectivity index (χ4n) is 3.43. The highest BCUT2D eigenvalue weighted by molar-refractivity contribution is 7.18. The lowest BCUT2D eigenvalue weighted by atomic mass is 9.99. The Kier molecular flexibility index (Phi) is 5.18. The number of nitrogens with zero attached hydrogens (tertiary/aromatic N) is 4. The van der Waals surface area contributed by atoms with E-state index < -0.39 is 5.54 Å². The van der Waals surface area contributed by atoms with Crippen LogP contribution in [0.1, 0.15) is 47.8 Å². The highest BCUT2D eigenvalue weighted by atomic mass is 35.5. The van der Waals surface area contributed by atoms with Crippen LogP contribution >= 0.6 is 23.7 Å². The average molecular weight is 396 g/mol. The van der Waals surface area contributed by atoms with Gasteiger partial charge in [-0.3, -0.25) is 9.36 Å². The van der Waals surface area contributed by atoms with E-state index in [4.69, 9.17) is 10.3 Å². The number of aromatic nitrogens is 4. The maximum absolute atomic E-state index is 12.7. The molecule has 1 aliphatic rings. The van der Waals surface area contributed by atoms with Crippen LogP contribution in [0.25, 0.3) is 10.2 Å². The van der Waals surface area contributed by atoms with Gasteiger partial charge < -0.3 is 10.3 Å². The lowest BCUT2D eigenvalue weighted by Crippen LogP contribution is -2.34. The predicted octanol–water partition coefficient (Wildman–Crippen LogP) is 2.85. The first-order valence-corrected chi connectivity index (χ1v) is 9.37. The summed E-state index contributed by atoms with van der Waals surface area (Å²) in [6.07, 6.45) is 6.06. The third-order valence-electron chi connectivity index (χ3n) is 5.13. The summed E-state index contributed by atoms with van der Waals surface area (Å²) in [6, 6.07) is 0. The summed E-state index contributed by atoms with van der Waals surface area (Å²) in [6.45, 7) is 4.43. The van der Waals surface area contributed by atoms with Crippen LogP contribution in [0.5, 0.6) is 0 Å². The second kappa shape index (κ2) is 7.09. The Bertz CT molecular complexity index is 987. The van der Waals surface area contributed by atoms with Crippen LogP contribution in [0.3, 0.4) is 0 Å². The zero-order valence-corrected chi connectivity index (χ0v) is 16.5. The maximum atomic E-state index is 12.7. The molecule has 0 saturated heterocycles. The van der Waals surface area contributed by atoms with Crippen LogP contribution in [0.15, 0.2) is 15.6 Å². The first kappa shape index (κ1) is 19.0. The fraction of sp³-hybridized carbons (Fsp3) is 0.529. The van der Waals surface area contributed by atoms with Gasteiger partial charge in [0.1, 0.15) is 4.83 Å². The summed E-state index contributed by atoms with van der Waals surface area (Å²) in [5, 5.41) is 4.77.